The van der Waals surface area contributed by atoms with Crippen LogP contribution in [0, 0.1) is 6.92 Å². The zero-order valence-electron chi connectivity index (χ0n) is 11.4. The lowest BCUT2D eigenvalue weighted by Gasteiger charge is -2.31. The van der Waals surface area contributed by atoms with Crippen molar-refractivity contribution in [1.82, 2.24) is 4.90 Å². The minimum atomic E-state index is -1.05. The molecular formula is C14H16NO2S3-. The fourth-order valence-electron chi connectivity index (χ4n) is 2.10. The van der Waals surface area contributed by atoms with E-state index in [9.17, 15) is 9.90 Å². The first kappa shape index (κ1) is 15.7. The predicted molar refractivity (Wildman–Crippen MR) is 87.7 cm³/mol. The van der Waals surface area contributed by atoms with Gasteiger partial charge in [0.15, 0.2) is 0 Å². The summed E-state index contributed by atoms with van der Waals surface area (Å²) in [7, 11) is 0. The SMILES string of the molecule is CCSC(=S)N1[C@@H](C(=O)[O-])CS[C@@H]1c1ccc(C)cc1. The molecule has 0 saturated carbocycles. The van der Waals surface area contributed by atoms with Gasteiger partial charge >= 0.3 is 0 Å². The molecule has 0 bridgehead atoms. The smallest absolute Gasteiger partial charge is 0.138 e. The monoisotopic (exact) mass is 326 g/mol. The van der Waals surface area contributed by atoms with Crippen LogP contribution < -0.4 is 5.11 Å². The number of aryl methyl sites for hydroxylation is 1. The van der Waals surface area contributed by atoms with Crippen LogP contribution >= 0.6 is 35.7 Å². The highest BCUT2D eigenvalue weighted by atomic mass is 32.2. The normalized spacial score (nSPS) is 22.0. The van der Waals surface area contributed by atoms with E-state index in [1.54, 1.807) is 11.8 Å². The third-order valence-electron chi connectivity index (χ3n) is 3.11. The molecule has 1 aliphatic rings. The molecule has 1 aromatic rings. The zero-order valence-corrected chi connectivity index (χ0v) is 13.8. The van der Waals surface area contributed by atoms with E-state index in [0.717, 1.165) is 11.3 Å². The van der Waals surface area contributed by atoms with Crippen molar-refractivity contribution < 1.29 is 9.90 Å². The van der Waals surface area contributed by atoms with Gasteiger partial charge in [-0.3, -0.25) is 0 Å². The Balaban J connectivity index is 2.29. The molecule has 1 aromatic carbocycles. The molecular weight excluding hydrogens is 310 g/mol. The van der Waals surface area contributed by atoms with E-state index in [0.29, 0.717) is 10.1 Å². The number of hydrogen-bond acceptors (Lipinski definition) is 5. The molecule has 0 radical (unpaired) electrons. The summed E-state index contributed by atoms with van der Waals surface area (Å²) in [4.78, 5) is 13.1. The van der Waals surface area contributed by atoms with Crippen molar-refractivity contribution >= 4 is 46.0 Å². The highest BCUT2D eigenvalue weighted by Gasteiger charge is 2.37. The molecule has 3 nitrogen and oxygen atoms in total. The molecule has 1 aliphatic heterocycles. The first-order valence-electron chi connectivity index (χ1n) is 6.38. The second kappa shape index (κ2) is 6.83. The van der Waals surface area contributed by atoms with Crippen LogP contribution in [0.25, 0.3) is 0 Å². The van der Waals surface area contributed by atoms with Gasteiger partial charge in [0.05, 0.1) is 12.0 Å². The van der Waals surface area contributed by atoms with Crippen LogP contribution in [0.1, 0.15) is 23.4 Å². The number of aliphatic carboxylic acids is 1. The van der Waals surface area contributed by atoms with Crippen LogP contribution in [0.2, 0.25) is 0 Å². The number of carbonyl (C=O) groups excluding carboxylic acids is 1. The van der Waals surface area contributed by atoms with Crippen LogP contribution in [-0.2, 0) is 4.79 Å². The minimum absolute atomic E-state index is 0.0370. The van der Waals surface area contributed by atoms with Crippen molar-refractivity contribution in [2.24, 2.45) is 0 Å². The Morgan fingerprint density at radius 1 is 1.50 bits per heavy atom. The van der Waals surface area contributed by atoms with E-state index >= 15 is 0 Å². The minimum Gasteiger partial charge on any atom is -0.548 e. The van der Waals surface area contributed by atoms with Crippen molar-refractivity contribution in [2.75, 3.05) is 11.5 Å². The van der Waals surface area contributed by atoms with Gasteiger partial charge in [0.1, 0.15) is 9.69 Å². The summed E-state index contributed by atoms with van der Waals surface area (Å²) in [6.45, 7) is 4.04. The second-order valence-electron chi connectivity index (χ2n) is 4.54. The van der Waals surface area contributed by atoms with E-state index in [4.69, 9.17) is 12.2 Å². The Morgan fingerprint density at radius 2 is 2.15 bits per heavy atom. The maximum atomic E-state index is 11.3. The number of benzene rings is 1. The molecule has 0 unspecified atom stereocenters. The molecule has 20 heavy (non-hydrogen) atoms. The average Bonchev–Trinajstić information content (AvgIpc) is 2.84. The number of carbonyl (C=O) groups is 1. The van der Waals surface area contributed by atoms with Gasteiger partial charge in [-0.15, -0.1) is 11.8 Å². The summed E-state index contributed by atoms with van der Waals surface area (Å²) >= 11 is 8.51. The summed E-state index contributed by atoms with van der Waals surface area (Å²) in [5.74, 6) is 0.289. The average molecular weight is 326 g/mol. The third-order valence-corrected chi connectivity index (χ3v) is 5.75. The van der Waals surface area contributed by atoms with E-state index in [-0.39, 0.29) is 5.37 Å². The molecule has 6 heteroatoms. The Hall–Kier alpha value is -0.720. The Labute approximate surface area is 133 Å². The van der Waals surface area contributed by atoms with Crippen LogP contribution in [-0.4, -0.2) is 32.7 Å². The Kier molecular flexibility index (Phi) is 5.35. The molecule has 0 aliphatic carbocycles. The fraction of sp³-hybridized carbons (Fsp3) is 0.429. The highest BCUT2D eigenvalue weighted by molar-refractivity contribution is 8.23. The number of hydrogen-bond donors (Lipinski definition) is 0. The number of carboxylic acids is 1. The largest absolute Gasteiger partial charge is 0.548 e. The molecule has 1 heterocycles. The summed E-state index contributed by atoms with van der Waals surface area (Å²) in [6.07, 6.45) is 0. The molecule has 2 rings (SSSR count). The summed E-state index contributed by atoms with van der Waals surface area (Å²) < 4.78 is 0.636. The van der Waals surface area contributed by atoms with Gasteiger partial charge in [-0.2, -0.15) is 0 Å². The lowest BCUT2D eigenvalue weighted by atomic mass is 10.1. The zero-order chi connectivity index (χ0) is 14.7. The van der Waals surface area contributed by atoms with Gasteiger partial charge in [-0.25, -0.2) is 0 Å². The van der Waals surface area contributed by atoms with Crippen LogP contribution in [0.3, 0.4) is 0 Å². The molecule has 108 valence electrons. The number of nitrogens with zero attached hydrogens (tertiary/aromatic N) is 1. The van der Waals surface area contributed by atoms with E-state index in [2.05, 4.69) is 0 Å². The van der Waals surface area contributed by atoms with E-state index in [1.807, 2.05) is 43.0 Å². The number of thioether (sulfide) groups is 2. The predicted octanol–water partition coefficient (Wildman–Crippen LogP) is 2.20. The van der Waals surface area contributed by atoms with Gasteiger partial charge in [-0.1, -0.05) is 60.7 Å². The molecule has 1 saturated heterocycles. The topological polar surface area (TPSA) is 43.4 Å². The van der Waals surface area contributed by atoms with Crippen molar-refractivity contribution in [2.45, 2.75) is 25.3 Å². The molecule has 0 aromatic heterocycles. The van der Waals surface area contributed by atoms with Crippen LogP contribution in [0.5, 0.6) is 0 Å². The maximum Gasteiger partial charge on any atom is 0.138 e. The molecule has 0 N–H and O–H groups in total. The molecule has 0 amide bonds. The van der Waals surface area contributed by atoms with E-state index < -0.39 is 12.0 Å². The highest BCUT2D eigenvalue weighted by Crippen LogP contribution is 2.42. The number of rotatable bonds is 3. The lowest BCUT2D eigenvalue weighted by molar-refractivity contribution is -0.309. The van der Waals surface area contributed by atoms with Gasteiger partial charge in [0.25, 0.3) is 0 Å². The van der Waals surface area contributed by atoms with Crippen LogP contribution in [0.15, 0.2) is 24.3 Å². The van der Waals surface area contributed by atoms with Crippen LogP contribution in [0.4, 0.5) is 0 Å². The summed E-state index contributed by atoms with van der Waals surface area (Å²) in [6, 6.07) is 7.51. The fourth-order valence-corrected chi connectivity index (χ4v) is 4.87. The lowest BCUT2D eigenvalue weighted by Crippen LogP contribution is -2.47. The third kappa shape index (κ3) is 3.30. The quantitative estimate of drug-likeness (QED) is 0.794. The molecule has 0 spiro atoms. The first-order valence-corrected chi connectivity index (χ1v) is 8.83. The van der Waals surface area contributed by atoms with Gasteiger partial charge in [0.2, 0.25) is 0 Å². The van der Waals surface area contributed by atoms with Gasteiger partial charge < -0.3 is 14.8 Å². The number of carboxylic acid groups (broad SMARTS) is 1. The molecule has 1 fully saturated rings. The van der Waals surface area contributed by atoms with Gasteiger partial charge in [-0.05, 0) is 18.2 Å². The maximum absolute atomic E-state index is 11.3. The van der Waals surface area contributed by atoms with Crippen molar-refractivity contribution in [3.8, 4) is 0 Å². The molecule has 2 atom stereocenters. The van der Waals surface area contributed by atoms with Crippen molar-refractivity contribution in [3.63, 3.8) is 0 Å². The first-order chi connectivity index (χ1) is 9.54. The Bertz CT molecular complexity index is 504. The summed E-state index contributed by atoms with van der Waals surface area (Å²) in [5, 5.41) is 11.3. The van der Waals surface area contributed by atoms with E-state index in [1.165, 1.54) is 17.3 Å². The van der Waals surface area contributed by atoms with Crippen molar-refractivity contribution in [1.29, 1.82) is 0 Å². The summed E-state index contributed by atoms with van der Waals surface area (Å²) in [5.41, 5.74) is 2.27. The van der Waals surface area contributed by atoms with Crippen molar-refractivity contribution in [3.05, 3.63) is 35.4 Å². The standard InChI is InChI=1S/C14H17NO2S3/c1-3-19-14(18)15-11(13(16)17)8-20-12(15)10-6-4-9(2)5-7-10/h4-7,11-12H,3,8H2,1-2H3,(H,16,17)/p-1/t11-,12-/m1/s1. The number of thiocarbonyl (C=S) groups is 1. The Morgan fingerprint density at radius 3 is 2.70 bits per heavy atom. The van der Waals surface area contributed by atoms with Gasteiger partial charge in [0, 0.05) is 5.75 Å². The second-order valence-corrected chi connectivity index (χ2v) is 7.55.